The lowest BCUT2D eigenvalue weighted by Gasteiger charge is -1.95. The van der Waals surface area contributed by atoms with Crippen molar-refractivity contribution in [3.63, 3.8) is 0 Å². The van der Waals surface area contributed by atoms with Crippen molar-refractivity contribution in [2.24, 2.45) is 10.3 Å². The summed E-state index contributed by atoms with van der Waals surface area (Å²) in [5, 5.41) is 9.17. The van der Waals surface area contributed by atoms with Crippen LogP contribution in [0.2, 0.25) is 5.02 Å². The van der Waals surface area contributed by atoms with Crippen LogP contribution < -0.4 is 5.43 Å². The van der Waals surface area contributed by atoms with Crippen LogP contribution >= 0.6 is 22.9 Å². The van der Waals surface area contributed by atoms with Crippen LogP contribution in [0.5, 0.6) is 0 Å². The molecule has 0 aliphatic carbocycles. The van der Waals surface area contributed by atoms with E-state index in [1.807, 2.05) is 48.5 Å². The topological polar surface area (TPSA) is 49.6 Å². The molecule has 0 bridgehead atoms. The predicted molar refractivity (Wildman–Crippen MR) is 79.2 cm³/mol. The largest absolute Gasteiger partial charge is 0.260 e. The normalized spacial score (nSPS) is 11.2. The number of halogens is 1. The summed E-state index contributed by atoms with van der Waals surface area (Å²) in [6.45, 7) is 0. The first kappa shape index (κ1) is 12.1. The van der Waals surface area contributed by atoms with Gasteiger partial charge in [-0.3, -0.25) is 5.43 Å². The first-order valence-corrected chi connectivity index (χ1v) is 6.79. The monoisotopic (exact) mass is 288 g/mol. The Morgan fingerprint density at radius 1 is 1.05 bits per heavy atom. The molecule has 0 aliphatic heterocycles. The Labute approximate surface area is 118 Å². The minimum atomic E-state index is 0.575. The number of aromatic nitrogens is 1. The lowest BCUT2D eigenvalue weighted by atomic mass is 10.3. The summed E-state index contributed by atoms with van der Waals surface area (Å²) in [5.41, 5.74) is 4.49. The number of benzene rings is 2. The Morgan fingerprint density at radius 2 is 1.89 bits per heavy atom. The van der Waals surface area contributed by atoms with Crippen LogP contribution in [0.1, 0.15) is 0 Å². The van der Waals surface area contributed by atoms with Crippen molar-refractivity contribution < 1.29 is 0 Å². The molecule has 0 atom stereocenters. The van der Waals surface area contributed by atoms with E-state index < -0.39 is 0 Å². The highest BCUT2D eigenvalue weighted by molar-refractivity contribution is 7.22. The van der Waals surface area contributed by atoms with Crippen LogP contribution in [0.25, 0.3) is 10.2 Å². The molecule has 0 fully saturated rings. The van der Waals surface area contributed by atoms with Crippen LogP contribution in [-0.2, 0) is 0 Å². The maximum atomic E-state index is 6.06. The van der Waals surface area contributed by atoms with Crippen LogP contribution in [0.3, 0.4) is 0 Å². The highest BCUT2D eigenvalue weighted by atomic mass is 35.5. The van der Waals surface area contributed by atoms with Crippen molar-refractivity contribution in [1.82, 2.24) is 4.98 Å². The SMILES string of the molecule is Clc1cccc2sc(N=NNc3ccccc3)nc12. The predicted octanol–water partition coefficient (Wildman–Crippen LogP) is 5.06. The van der Waals surface area contributed by atoms with Gasteiger partial charge in [-0.15, -0.1) is 5.11 Å². The van der Waals surface area contributed by atoms with Gasteiger partial charge in [0.15, 0.2) is 0 Å². The van der Waals surface area contributed by atoms with E-state index in [1.54, 1.807) is 0 Å². The lowest BCUT2D eigenvalue weighted by molar-refractivity contribution is 1.12. The Bertz CT molecular complexity index is 724. The van der Waals surface area contributed by atoms with E-state index in [2.05, 4.69) is 20.7 Å². The molecule has 3 aromatic rings. The van der Waals surface area contributed by atoms with Gasteiger partial charge in [0, 0.05) is 0 Å². The third-order valence-electron chi connectivity index (χ3n) is 2.45. The number of nitrogens with one attached hydrogen (secondary N) is 1. The number of rotatable bonds is 3. The minimum absolute atomic E-state index is 0.575. The van der Waals surface area contributed by atoms with Crippen LogP contribution in [0, 0.1) is 0 Å². The van der Waals surface area contributed by atoms with Gasteiger partial charge in [0.25, 0.3) is 0 Å². The molecule has 0 radical (unpaired) electrons. The van der Waals surface area contributed by atoms with Crippen LogP contribution in [0.15, 0.2) is 58.9 Å². The van der Waals surface area contributed by atoms with Crippen LogP contribution in [0.4, 0.5) is 10.8 Å². The van der Waals surface area contributed by atoms with E-state index in [0.717, 1.165) is 15.9 Å². The van der Waals surface area contributed by atoms with Gasteiger partial charge in [0.2, 0.25) is 5.13 Å². The van der Waals surface area contributed by atoms with Gasteiger partial charge in [0.1, 0.15) is 5.52 Å². The molecule has 0 unspecified atom stereocenters. The molecule has 19 heavy (non-hydrogen) atoms. The van der Waals surface area contributed by atoms with Crippen molar-refractivity contribution >= 4 is 44.0 Å². The summed E-state index contributed by atoms with van der Waals surface area (Å²) >= 11 is 7.51. The average Bonchev–Trinajstić information content (AvgIpc) is 2.84. The zero-order valence-corrected chi connectivity index (χ0v) is 11.3. The highest BCUT2D eigenvalue weighted by Crippen LogP contribution is 2.32. The Morgan fingerprint density at radius 3 is 2.68 bits per heavy atom. The van der Waals surface area contributed by atoms with E-state index >= 15 is 0 Å². The molecule has 1 N–H and O–H groups in total. The molecule has 3 rings (SSSR count). The highest BCUT2D eigenvalue weighted by Gasteiger charge is 2.05. The number of thiazole rings is 1. The summed E-state index contributed by atoms with van der Waals surface area (Å²) in [5.74, 6) is 0. The molecule has 0 aliphatic rings. The second kappa shape index (κ2) is 5.34. The zero-order valence-electron chi connectivity index (χ0n) is 9.75. The number of para-hydroxylation sites is 2. The maximum absolute atomic E-state index is 6.06. The molecule has 94 valence electrons. The molecular weight excluding hydrogens is 280 g/mol. The fraction of sp³-hybridized carbons (Fsp3) is 0. The average molecular weight is 289 g/mol. The summed E-state index contributed by atoms with van der Waals surface area (Å²) < 4.78 is 1.00. The molecule has 6 heteroatoms. The molecule has 1 heterocycles. The number of hydrogen-bond acceptors (Lipinski definition) is 4. The minimum Gasteiger partial charge on any atom is -0.260 e. The van der Waals surface area contributed by atoms with Gasteiger partial charge < -0.3 is 0 Å². The van der Waals surface area contributed by atoms with E-state index in [-0.39, 0.29) is 0 Å². The van der Waals surface area contributed by atoms with Crippen molar-refractivity contribution in [3.8, 4) is 0 Å². The van der Waals surface area contributed by atoms with Crippen molar-refractivity contribution in [2.75, 3.05) is 5.43 Å². The third kappa shape index (κ3) is 2.72. The molecule has 2 aromatic carbocycles. The van der Waals surface area contributed by atoms with Crippen molar-refractivity contribution in [1.29, 1.82) is 0 Å². The zero-order chi connectivity index (χ0) is 13.1. The van der Waals surface area contributed by atoms with Crippen molar-refractivity contribution in [3.05, 3.63) is 53.6 Å². The Hall–Kier alpha value is -1.98. The first-order chi connectivity index (χ1) is 9.33. The summed E-state index contributed by atoms with van der Waals surface area (Å²) in [6.07, 6.45) is 0. The number of nitrogens with zero attached hydrogens (tertiary/aromatic N) is 3. The first-order valence-electron chi connectivity index (χ1n) is 5.60. The van der Waals surface area contributed by atoms with E-state index in [9.17, 15) is 0 Å². The van der Waals surface area contributed by atoms with E-state index in [0.29, 0.717) is 10.2 Å². The van der Waals surface area contributed by atoms with Gasteiger partial charge in [-0.1, -0.05) is 52.4 Å². The molecule has 1 aromatic heterocycles. The maximum Gasteiger partial charge on any atom is 0.232 e. The van der Waals surface area contributed by atoms with Crippen LogP contribution in [-0.4, -0.2) is 4.98 Å². The Kier molecular flexibility index (Phi) is 3.39. The van der Waals surface area contributed by atoms with Gasteiger partial charge in [-0.25, -0.2) is 4.98 Å². The standard InChI is InChI=1S/C13H9ClN4S/c14-10-7-4-8-11-12(10)15-13(19-11)17-18-16-9-5-2-1-3-6-9/h1-8H,(H,15,16,17). The Balaban J connectivity index is 1.80. The summed E-state index contributed by atoms with van der Waals surface area (Å²) in [7, 11) is 0. The van der Waals surface area contributed by atoms with Gasteiger partial charge in [-0.05, 0) is 24.3 Å². The molecule has 0 amide bonds. The third-order valence-corrected chi connectivity index (χ3v) is 3.66. The molecule has 0 saturated carbocycles. The van der Waals surface area contributed by atoms with Gasteiger partial charge in [0.05, 0.1) is 15.4 Å². The quantitative estimate of drug-likeness (QED) is 0.541. The lowest BCUT2D eigenvalue weighted by Crippen LogP contribution is -1.84. The van der Waals surface area contributed by atoms with E-state index in [1.165, 1.54) is 11.3 Å². The second-order valence-electron chi connectivity index (χ2n) is 3.76. The number of fused-ring (bicyclic) bond motifs is 1. The summed E-state index contributed by atoms with van der Waals surface area (Å²) in [6, 6.07) is 15.3. The molecule has 0 saturated heterocycles. The smallest absolute Gasteiger partial charge is 0.232 e. The molecular formula is C13H9ClN4S. The summed E-state index contributed by atoms with van der Waals surface area (Å²) in [4.78, 5) is 4.33. The van der Waals surface area contributed by atoms with E-state index in [4.69, 9.17) is 11.6 Å². The number of anilines is 1. The van der Waals surface area contributed by atoms with Gasteiger partial charge in [-0.2, -0.15) is 0 Å². The second-order valence-corrected chi connectivity index (χ2v) is 5.18. The fourth-order valence-corrected chi connectivity index (χ4v) is 2.67. The van der Waals surface area contributed by atoms with Gasteiger partial charge >= 0.3 is 0 Å². The molecule has 4 nitrogen and oxygen atoms in total. The number of hydrogen-bond donors (Lipinski definition) is 1. The fourth-order valence-electron chi connectivity index (χ4n) is 1.58. The molecule has 0 spiro atoms. The van der Waals surface area contributed by atoms with Crippen molar-refractivity contribution in [2.45, 2.75) is 0 Å².